The SMILES string of the molecule is N#C/C(=C/NCCc1ccccc1)C(=O)NC1CCCC1. The molecule has 0 spiro atoms. The summed E-state index contributed by atoms with van der Waals surface area (Å²) in [4.78, 5) is 12.0. The Kier molecular flexibility index (Phi) is 5.83. The predicted molar refractivity (Wildman–Crippen MR) is 82.2 cm³/mol. The highest BCUT2D eigenvalue weighted by molar-refractivity contribution is 5.97. The number of carbonyl (C=O) groups is 1. The van der Waals surface area contributed by atoms with Crippen molar-refractivity contribution in [2.45, 2.75) is 38.1 Å². The maximum Gasteiger partial charge on any atom is 0.263 e. The molecule has 1 saturated carbocycles. The van der Waals surface area contributed by atoms with Gasteiger partial charge in [0, 0.05) is 18.8 Å². The average Bonchev–Trinajstić information content (AvgIpc) is 3.01. The number of hydrogen-bond acceptors (Lipinski definition) is 3. The summed E-state index contributed by atoms with van der Waals surface area (Å²) in [6, 6.07) is 12.3. The Balaban J connectivity index is 1.77. The van der Waals surface area contributed by atoms with E-state index in [1.165, 1.54) is 11.8 Å². The average molecular weight is 283 g/mol. The van der Waals surface area contributed by atoms with Crippen molar-refractivity contribution in [2.24, 2.45) is 0 Å². The van der Waals surface area contributed by atoms with Crippen LogP contribution in [0, 0.1) is 11.3 Å². The van der Waals surface area contributed by atoms with Gasteiger partial charge in [0.25, 0.3) is 5.91 Å². The maximum atomic E-state index is 12.0. The Hall–Kier alpha value is -2.28. The van der Waals surface area contributed by atoms with Crippen LogP contribution in [0.1, 0.15) is 31.2 Å². The Labute approximate surface area is 125 Å². The van der Waals surface area contributed by atoms with E-state index in [2.05, 4.69) is 22.8 Å². The summed E-state index contributed by atoms with van der Waals surface area (Å²) < 4.78 is 0. The first-order chi connectivity index (χ1) is 10.3. The molecule has 1 fully saturated rings. The Morgan fingerprint density at radius 3 is 2.67 bits per heavy atom. The standard InChI is InChI=1S/C17H21N3O/c18-12-15(17(21)20-16-8-4-5-9-16)13-19-11-10-14-6-2-1-3-7-14/h1-3,6-7,13,16,19H,4-5,8-11H2,(H,20,21)/b15-13-. The van der Waals surface area contributed by atoms with E-state index in [1.54, 1.807) is 0 Å². The smallest absolute Gasteiger partial charge is 0.263 e. The van der Waals surface area contributed by atoms with Gasteiger partial charge in [0.15, 0.2) is 0 Å². The number of nitrogens with one attached hydrogen (secondary N) is 2. The fraction of sp³-hybridized carbons (Fsp3) is 0.412. The van der Waals surface area contributed by atoms with Gasteiger partial charge in [-0.05, 0) is 24.8 Å². The van der Waals surface area contributed by atoms with E-state index in [-0.39, 0.29) is 17.5 Å². The molecule has 2 N–H and O–H groups in total. The van der Waals surface area contributed by atoms with E-state index < -0.39 is 0 Å². The third-order valence-corrected chi connectivity index (χ3v) is 3.70. The number of hydrogen-bond donors (Lipinski definition) is 2. The molecule has 110 valence electrons. The van der Waals surface area contributed by atoms with Gasteiger partial charge in [-0.1, -0.05) is 43.2 Å². The first kappa shape index (κ1) is 15.1. The number of benzene rings is 1. The highest BCUT2D eigenvalue weighted by Crippen LogP contribution is 2.17. The van der Waals surface area contributed by atoms with E-state index in [9.17, 15) is 4.79 Å². The van der Waals surface area contributed by atoms with Crippen LogP contribution >= 0.6 is 0 Å². The van der Waals surface area contributed by atoms with Gasteiger partial charge in [0.05, 0.1) is 0 Å². The zero-order chi connectivity index (χ0) is 14.9. The highest BCUT2D eigenvalue weighted by Gasteiger charge is 2.18. The van der Waals surface area contributed by atoms with Crippen LogP contribution in [-0.4, -0.2) is 18.5 Å². The minimum absolute atomic E-state index is 0.148. The van der Waals surface area contributed by atoms with E-state index in [0.29, 0.717) is 6.54 Å². The quantitative estimate of drug-likeness (QED) is 0.478. The summed E-state index contributed by atoms with van der Waals surface area (Å²) >= 11 is 0. The van der Waals surface area contributed by atoms with Crippen LogP contribution in [0.3, 0.4) is 0 Å². The molecule has 4 nitrogen and oxygen atoms in total. The van der Waals surface area contributed by atoms with Crippen molar-refractivity contribution >= 4 is 5.91 Å². The lowest BCUT2D eigenvalue weighted by Crippen LogP contribution is -2.34. The summed E-state index contributed by atoms with van der Waals surface area (Å²) in [6.45, 7) is 0.700. The second-order valence-electron chi connectivity index (χ2n) is 5.31. The fourth-order valence-electron chi connectivity index (χ4n) is 2.52. The summed E-state index contributed by atoms with van der Waals surface area (Å²) in [7, 11) is 0. The molecular formula is C17H21N3O. The molecule has 4 heteroatoms. The van der Waals surface area contributed by atoms with Crippen molar-refractivity contribution in [2.75, 3.05) is 6.54 Å². The van der Waals surface area contributed by atoms with Crippen LogP contribution in [0.5, 0.6) is 0 Å². The lowest BCUT2D eigenvalue weighted by molar-refractivity contribution is -0.117. The molecular weight excluding hydrogens is 262 g/mol. The predicted octanol–water partition coefficient (Wildman–Crippen LogP) is 2.28. The lowest BCUT2D eigenvalue weighted by atomic mass is 10.1. The lowest BCUT2D eigenvalue weighted by Gasteiger charge is -2.11. The third kappa shape index (κ3) is 4.96. The minimum atomic E-state index is -0.267. The molecule has 0 bridgehead atoms. The van der Waals surface area contributed by atoms with Crippen molar-refractivity contribution < 1.29 is 4.79 Å². The molecule has 0 atom stereocenters. The highest BCUT2D eigenvalue weighted by atomic mass is 16.1. The van der Waals surface area contributed by atoms with Gasteiger partial charge in [0.2, 0.25) is 0 Å². The van der Waals surface area contributed by atoms with Crippen molar-refractivity contribution in [1.29, 1.82) is 5.26 Å². The minimum Gasteiger partial charge on any atom is -0.389 e. The van der Waals surface area contributed by atoms with E-state index in [4.69, 9.17) is 5.26 Å². The monoisotopic (exact) mass is 283 g/mol. The van der Waals surface area contributed by atoms with Gasteiger partial charge in [-0.3, -0.25) is 4.79 Å². The van der Waals surface area contributed by atoms with Crippen molar-refractivity contribution in [3.8, 4) is 6.07 Å². The van der Waals surface area contributed by atoms with Gasteiger partial charge < -0.3 is 10.6 Å². The van der Waals surface area contributed by atoms with Gasteiger partial charge in [-0.15, -0.1) is 0 Å². The number of amides is 1. The molecule has 0 aromatic heterocycles. The molecule has 0 aliphatic heterocycles. The van der Waals surface area contributed by atoms with E-state index in [0.717, 1.165) is 32.1 Å². The number of rotatable bonds is 6. The first-order valence-electron chi connectivity index (χ1n) is 7.48. The number of nitrogens with zero attached hydrogens (tertiary/aromatic N) is 1. The number of carbonyl (C=O) groups excluding carboxylic acids is 1. The van der Waals surface area contributed by atoms with Crippen LogP contribution < -0.4 is 10.6 Å². The molecule has 1 amide bonds. The molecule has 0 unspecified atom stereocenters. The fourth-order valence-corrected chi connectivity index (χ4v) is 2.52. The molecule has 0 saturated heterocycles. The molecule has 1 aromatic rings. The molecule has 2 rings (SSSR count). The zero-order valence-corrected chi connectivity index (χ0v) is 12.1. The molecule has 0 heterocycles. The zero-order valence-electron chi connectivity index (χ0n) is 12.1. The van der Waals surface area contributed by atoms with Gasteiger partial charge >= 0.3 is 0 Å². The van der Waals surface area contributed by atoms with Crippen LogP contribution in [0.25, 0.3) is 0 Å². The maximum absolute atomic E-state index is 12.0. The van der Waals surface area contributed by atoms with Crippen molar-refractivity contribution in [1.82, 2.24) is 10.6 Å². The largest absolute Gasteiger partial charge is 0.389 e. The molecule has 1 aromatic carbocycles. The molecule has 0 radical (unpaired) electrons. The second kappa shape index (κ2) is 8.11. The number of nitriles is 1. The Bertz CT molecular complexity index is 525. The Morgan fingerprint density at radius 1 is 1.29 bits per heavy atom. The molecule has 21 heavy (non-hydrogen) atoms. The van der Waals surface area contributed by atoms with Gasteiger partial charge in [-0.25, -0.2) is 0 Å². The van der Waals surface area contributed by atoms with E-state index >= 15 is 0 Å². The summed E-state index contributed by atoms with van der Waals surface area (Å²) in [5.41, 5.74) is 1.38. The normalized spacial score (nSPS) is 15.5. The van der Waals surface area contributed by atoms with Crippen molar-refractivity contribution in [3.63, 3.8) is 0 Å². The second-order valence-corrected chi connectivity index (χ2v) is 5.31. The van der Waals surface area contributed by atoms with E-state index in [1.807, 2.05) is 24.3 Å². The Morgan fingerprint density at radius 2 is 2.00 bits per heavy atom. The van der Waals surface area contributed by atoms with Crippen LogP contribution in [-0.2, 0) is 11.2 Å². The first-order valence-corrected chi connectivity index (χ1v) is 7.48. The van der Waals surface area contributed by atoms with Crippen LogP contribution in [0.4, 0.5) is 0 Å². The summed E-state index contributed by atoms with van der Waals surface area (Å²) in [5, 5.41) is 15.0. The molecule has 1 aliphatic rings. The van der Waals surface area contributed by atoms with Crippen LogP contribution in [0.2, 0.25) is 0 Å². The van der Waals surface area contributed by atoms with Gasteiger partial charge in [0.1, 0.15) is 11.6 Å². The van der Waals surface area contributed by atoms with Gasteiger partial charge in [-0.2, -0.15) is 5.26 Å². The summed E-state index contributed by atoms with van der Waals surface area (Å²) in [5.74, 6) is -0.267. The molecule has 1 aliphatic carbocycles. The van der Waals surface area contributed by atoms with Crippen molar-refractivity contribution in [3.05, 3.63) is 47.7 Å². The topological polar surface area (TPSA) is 64.9 Å². The third-order valence-electron chi connectivity index (χ3n) is 3.70. The van der Waals surface area contributed by atoms with Crippen LogP contribution in [0.15, 0.2) is 42.1 Å². The summed E-state index contributed by atoms with van der Waals surface area (Å²) in [6.07, 6.45) is 6.74.